The molecule has 0 bridgehead atoms. The summed E-state index contributed by atoms with van der Waals surface area (Å²) in [5.74, 6) is 10.6. The van der Waals surface area contributed by atoms with Crippen molar-refractivity contribution < 1.29 is 9.84 Å². The third-order valence-electron chi connectivity index (χ3n) is 1.51. The number of ether oxygens (including phenoxy) is 1. The second-order valence-corrected chi connectivity index (χ2v) is 3.47. The van der Waals surface area contributed by atoms with Gasteiger partial charge in [0.05, 0.1) is 5.02 Å². The van der Waals surface area contributed by atoms with E-state index in [0.717, 1.165) is 0 Å². The molecule has 0 spiro atoms. The van der Waals surface area contributed by atoms with Crippen molar-refractivity contribution in [3.63, 3.8) is 0 Å². The summed E-state index contributed by atoms with van der Waals surface area (Å²) in [5, 5.41) is 9.35. The van der Waals surface area contributed by atoms with Gasteiger partial charge in [-0.1, -0.05) is 29.1 Å². The highest BCUT2D eigenvalue weighted by molar-refractivity contribution is 6.35. The fourth-order valence-electron chi connectivity index (χ4n) is 0.870. The molecule has 2 nitrogen and oxygen atoms in total. The Kier molecular flexibility index (Phi) is 5.61. The first-order valence-corrected chi connectivity index (χ1v) is 5.14. The molecular weight excluding hydrogens is 247 g/mol. The van der Waals surface area contributed by atoms with E-state index in [1.165, 1.54) is 0 Å². The van der Waals surface area contributed by atoms with Gasteiger partial charge in [0.1, 0.15) is 19.0 Å². The molecule has 82 valence electrons. The molecule has 0 fully saturated rings. The van der Waals surface area contributed by atoms with E-state index in [1.54, 1.807) is 18.2 Å². The molecule has 0 aliphatic heterocycles. The summed E-state index contributed by atoms with van der Waals surface area (Å²) in [5.41, 5.74) is 0. The Bertz CT molecular complexity index is 475. The predicted octanol–water partition coefficient (Wildman–Crippen LogP) is 2.37. The van der Waals surface area contributed by atoms with Gasteiger partial charge in [-0.05, 0) is 36.0 Å². The summed E-state index contributed by atoms with van der Waals surface area (Å²) in [6.45, 7) is -0.0139. The molecule has 1 aromatic carbocycles. The number of halogens is 2. The van der Waals surface area contributed by atoms with Gasteiger partial charge in [0, 0.05) is 5.02 Å². The van der Waals surface area contributed by atoms with Crippen LogP contribution in [-0.4, -0.2) is 18.3 Å². The lowest BCUT2D eigenvalue weighted by Crippen LogP contribution is -1.94. The molecule has 0 heterocycles. The summed E-state index contributed by atoms with van der Waals surface area (Å²) in [7, 11) is 0. The Morgan fingerprint density at radius 3 is 2.62 bits per heavy atom. The van der Waals surface area contributed by atoms with Gasteiger partial charge in [-0.25, -0.2) is 0 Å². The molecule has 0 amide bonds. The Hall–Kier alpha value is -1.32. The van der Waals surface area contributed by atoms with Crippen LogP contribution in [0.1, 0.15) is 0 Å². The minimum Gasteiger partial charge on any atom is -0.479 e. The second kappa shape index (κ2) is 7.04. The molecule has 0 radical (unpaired) electrons. The lowest BCUT2D eigenvalue weighted by atomic mass is 10.3. The molecular formula is C12H8Cl2O2. The zero-order valence-corrected chi connectivity index (χ0v) is 9.77. The van der Waals surface area contributed by atoms with Crippen LogP contribution in [0.5, 0.6) is 5.75 Å². The molecule has 0 aromatic heterocycles. The Balaban J connectivity index is 2.51. The Morgan fingerprint density at radius 1 is 1.19 bits per heavy atom. The summed E-state index contributed by atoms with van der Waals surface area (Å²) in [6.07, 6.45) is 0. The molecule has 0 atom stereocenters. The van der Waals surface area contributed by atoms with Crippen molar-refractivity contribution in [2.75, 3.05) is 13.2 Å². The van der Waals surface area contributed by atoms with Gasteiger partial charge in [-0.3, -0.25) is 0 Å². The Labute approximate surface area is 104 Å². The monoisotopic (exact) mass is 254 g/mol. The maximum Gasteiger partial charge on any atom is 0.150 e. The van der Waals surface area contributed by atoms with Gasteiger partial charge in [0.2, 0.25) is 0 Å². The molecule has 0 unspecified atom stereocenters. The minimum absolute atomic E-state index is 0.182. The van der Waals surface area contributed by atoms with Crippen LogP contribution in [0.3, 0.4) is 0 Å². The number of benzene rings is 1. The summed E-state index contributed by atoms with van der Waals surface area (Å²) in [6, 6.07) is 4.95. The third-order valence-corrected chi connectivity index (χ3v) is 2.04. The molecule has 16 heavy (non-hydrogen) atoms. The number of hydrogen-bond acceptors (Lipinski definition) is 2. The fraction of sp³-hybridized carbons (Fsp3) is 0.167. The normalized spacial score (nSPS) is 8.44. The number of rotatable bonds is 2. The lowest BCUT2D eigenvalue weighted by molar-refractivity contribution is 0.350. The first-order valence-electron chi connectivity index (χ1n) is 4.38. The average Bonchev–Trinajstić information content (AvgIpc) is 2.26. The first kappa shape index (κ1) is 12.7. The van der Waals surface area contributed by atoms with E-state index < -0.39 is 0 Å². The van der Waals surface area contributed by atoms with E-state index in [9.17, 15) is 0 Å². The summed E-state index contributed by atoms with van der Waals surface area (Å²) >= 11 is 11.6. The van der Waals surface area contributed by atoms with Crippen LogP contribution in [0.2, 0.25) is 10.0 Å². The van der Waals surface area contributed by atoms with E-state index in [0.29, 0.717) is 15.8 Å². The quantitative estimate of drug-likeness (QED) is 0.822. The van der Waals surface area contributed by atoms with E-state index in [2.05, 4.69) is 23.7 Å². The van der Waals surface area contributed by atoms with E-state index in [4.69, 9.17) is 33.0 Å². The Morgan fingerprint density at radius 2 is 1.94 bits per heavy atom. The third kappa shape index (κ3) is 4.47. The molecule has 1 N–H and O–H groups in total. The number of aliphatic hydroxyl groups is 1. The molecule has 4 heteroatoms. The maximum absolute atomic E-state index is 8.36. The molecule has 0 aliphatic rings. The van der Waals surface area contributed by atoms with Crippen LogP contribution in [0, 0.1) is 23.7 Å². The van der Waals surface area contributed by atoms with Crippen molar-refractivity contribution in [1.82, 2.24) is 0 Å². The highest BCUT2D eigenvalue weighted by Gasteiger charge is 2.00. The topological polar surface area (TPSA) is 29.5 Å². The molecule has 0 saturated carbocycles. The molecule has 0 saturated heterocycles. The number of hydrogen-bond donors (Lipinski definition) is 1. The second-order valence-electron chi connectivity index (χ2n) is 2.63. The summed E-state index contributed by atoms with van der Waals surface area (Å²) < 4.78 is 5.28. The van der Waals surface area contributed by atoms with Crippen molar-refractivity contribution in [3.05, 3.63) is 28.2 Å². The van der Waals surface area contributed by atoms with E-state index in [-0.39, 0.29) is 13.2 Å². The average molecular weight is 255 g/mol. The minimum atomic E-state index is -0.196. The van der Waals surface area contributed by atoms with Crippen LogP contribution >= 0.6 is 23.2 Å². The highest BCUT2D eigenvalue weighted by Crippen LogP contribution is 2.27. The van der Waals surface area contributed by atoms with Crippen LogP contribution in [0.15, 0.2) is 18.2 Å². The van der Waals surface area contributed by atoms with Crippen LogP contribution in [0.4, 0.5) is 0 Å². The van der Waals surface area contributed by atoms with Crippen LogP contribution in [-0.2, 0) is 0 Å². The lowest BCUT2D eigenvalue weighted by Gasteiger charge is -2.03. The van der Waals surface area contributed by atoms with Crippen molar-refractivity contribution in [3.8, 4) is 29.4 Å². The standard InChI is InChI=1S/C12H8Cl2O2/c13-10-5-6-12(11(14)9-10)16-8-4-2-1-3-7-15/h5-6,9,15H,7-8H2. The SMILES string of the molecule is OCC#CC#CCOc1ccc(Cl)cc1Cl. The zero-order valence-electron chi connectivity index (χ0n) is 8.26. The van der Waals surface area contributed by atoms with Gasteiger partial charge in [0.15, 0.2) is 0 Å². The van der Waals surface area contributed by atoms with Crippen LogP contribution < -0.4 is 4.74 Å². The number of aliphatic hydroxyl groups excluding tert-OH is 1. The largest absolute Gasteiger partial charge is 0.479 e. The van der Waals surface area contributed by atoms with Crippen molar-refractivity contribution in [2.45, 2.75) is 0 Å². The molecule has 1 aromatic rings. The first-order chi connectivity index (χ1) is 7.74. The van der Waals surface area contributed by atoms with Gasteiger partial charge >= 0.3 is 0 Å². The van der Waals surface area contributed by atoms with Crippen molar-refractivity contribution >= 4 is 23.2 Å². The molecule has 0 aliphatic carbocycles. The van der Waals surface area contributed by atoms with Gasteiger partial charge in [-0.15, -0.1) is 0 Å². The molecule has 1 rings (SSSR count). The van der Waals surface area contributed by atoms with Crippen molar-refractivity contribution in [1.29, 1.82) is 0 Å². The highest BCUT2D eigenvalue weighted by atomic mass is 35.5. The smallest absolute Gasteiger partial charge is 0.150 e. The summed E-state index contributed by atoms with van der Waals surface area (Å²) in [4.78, 5) is 0. The van der Waals surface area contributed by atoms with E-state index >= 15 is 0 Å². The van der Waals surface area contributed by atoms with Gasteiger partial charge < -0.3 is 9.84 Å². The van der Waals surface area contributed by atoms with Crippen molar-refractivity contribution in [2.24, 2.45) is 0 Å². The maximum atomic E-state index is 8.36. The van der Waals surface area contributed by atoms with Gasteiger partial charge in [0.25, 0.3) is 0 Å². The van der Waals surface area contributed by atoms with E-state index in [1.807, 2.05) is 0 Å². The fourth-order valence-corrected chi connectivity index (χ4v) is 1.33. The van der Waals surface area contributed by atoms with Crippen LogP contribution in [0.25, 0.3) is 0 Å². The predicted molar refractivity (Wildman–Crippen MR) is 64.6 cm³/mol. The van der Waals surface area contributed by atoms with Gasteiger partial charge in [-0.2, -0.15) is 0 Å². The zero-order chi connectivity index (χ0) is 11.8.